The lowest BCUT2D eigenvalue weighted by molar-refractivity contribution is -0.0111. The number of nitrogens with one attached hydrogen (secondary N) is 2. The molecule has 1 aliphatic rings. The van der Waals surface area contributed by atoms with Crippen LogP contribution in [0.4, 0.5) is 5.69 Å². The monoisotopic (exact) mass is 721 g/mol. The topological polar surface area (TPSA) is 148 Å². The second-order valence-electron chi connectivity index (χ2n) is 13.9. The number of rotatable bonds is 26. The lowest BCUT2D eigenvalue weighted by atomic mass is 9.75. The first-order valence-corrected chi connectivity index (χ1v) is 18.7. The third-order valence-corrected chi connectivity index (χ3v) is 8.87. The summed E-state index contributed by atoms with van der Waals surface area (Å²) in [6, 6.07) is 14.1. The third-order valence-electron chi connectivity index (χ3n) is 8.87. The molecule has 12 heteroatoms. The van der Waals surface area contributed by atoms with Crippen molar-refractivity contribution in [2.45, 2.75) is 66.3 Å². The molecule has 1 heterocycles. The fraction of sp³-hybridized carbons (Fsp3) is 0.575. The van der Waals surface area contributed by atoms with Gasteiger partial charge in [-0.3, -0.25) is 9.59 Å². The van der Waals surface area contributed by atoms with E-state index in [1.165, 1.54) is 11.1 Å². The standard InChI is InChI=1S/C40H59N5O7/c1-5-31-9-6-10-32(25-31)29-42-13-7-15-48-17-19-50-21-23-52-24-22-51-20-18-49-16-8-14-43-35-26-33(11-12-34(35)39(41)47)45-36-27-40(3,4)28-37(46)38(36)30(2)44-45/h6,9-12,25-26,42-43H,5,7-8,13-24,27-29H2,1-4H3,(H2,41,47). The molecular weight excluding hydrogens is 662 g/mol. The number of hydrogen-bond donors (Lipinski definition) is 3. The van der Waals surface area contributed by atoms with Crippen LogP contribution < -0.4 is 16.4 Å². The number of primary amides is 1. The highest BCUT2D eigenvalue weighted by Crippen LogP contribution is 2.37. The Morgan fingerprint density at radius 3 is 2.04 bits per heavy atom. The van der Waals surface area contributed by atoms with Gasteiger partial charge in [-0.25, -0.2) is 4.68 Å². The van der Waals surface area contributed by atoms with Crippen LogP contribution in [0.2, 0.25) is 0 Å². The van der Waals surface area contributed by atoms with Crippen molar-refractivity contribution in [2.24, 2.45) is 11.1 Å². The maximum atomic E-state index is 12.9. The van der Waals surface area contributed by atoms with Crippen molar-refractivity contribution in [3.8, 4) is 5.69 Å². The van der Waals surface area contributed by atoms with Gasteiger partial charge in [-0.05, 0) is 73.9 Å². The largest absolute Gasteiger partial charge is 0.384 e. The average molecular weight is 722 g/mol. The van der Waals surface area contributed by atoms with Gasteiger partial charge < -0.3 is 40.1 Å². The number of carbonyl (C=O) groups is 2. The van der Waals surface area contributed by atoms with E-state index in [4.69, 9.17) is 34.5 Å². The van der Waals surface area contributed by atoms with E-state index >= 15 is 0 Å². The molecule has 286 valence electrons. The van der Waals surface area contributed by atoms with E-state index in [-0.39, 0.29) is 11.2 Å². The van der Waals surface area contributed by atoms with E-state index in [0.29, 0.717) is 95.8 Å². The summed E-state index contributed by atoms with van der Waals surface area (Å²) in [7, 11) is 0. The Morgan fingerprint density at radius 2 is 1.42 bits per heavy atom. The number of nitrogens with two attached hydrogens (primary N) is 1. The first kappa shape index (κ1) is 41.1. The Kier molecular flexibility index (Phi) is 17.2. The van der Waals surface area contributed by atoms with Crippen LogP contribution in [0.15, 0.2) is 42.5 Å². The van der Waals surface area contributed by atoms with Crippen molar-refractivity contribution in [2.75, 3.05) is 84.5 Å². The molecule has 52 heavy (non-hydrogen) atoms. The number of fused-ring (bicyclic) bond motifs is 1. The molecule has 0 unspecified atom stereocenters. The van der Waals surface area contributed by atoms with Crippen LogP contribution in [-0.2, 0) is 43.1 Å². The van der Waals surface area contributed by atoms with Gasteiger partial charge in [0.25, 0.3) is 5.91 Å². The summed E-state index contributed by atoms with van der Waals surface area (Å²) in [4.78, 5) is 25.0. The van der Waals surface area contributed by atoms with Gasteiger partial charge in [0.05, 0.1) is 81.1 Å². The molecule has 0 radical (unpaired) electrons. The number of anilines is 1. The minimum absolute atomic E-state index is 0.124. The Labute approximate surface area is 309 Å². The van der Waals surface area contributed by atoms with Crippen LogP contribution in [0.3, 0.4) is 0 Å². The highest BCUT2D eigenvalue weighted by Gasteiger charge is 2.35. The number of nitrogens with zero attached hydrogens (tertiary/aromatic N) is 2. The van der Waals surface area contributed by atoms with Crippen LogP contribution in [-0.4, -0.2) is 101 Å². The van der Waals surface area contributed by atoms with Crippen molar-refractivity contribution >= 4 is 17.4 Å². The molecular formula is C40H59N5O7. The molecule has 0 saturated carbocycles. The summed E-state index contributed by atoms with van der Waals surface area (Å²) in [6.07, 6.45) is 4.00. The molecule has 1 aliphatic carbocycles. The summed E-state index contributed by atoms with van der Waals surface area (Å²) in [5, 5.41) is 11.5. The third kappa shape index (κ3) is 13.4. The van der Waals surface area contributed by atoms with Crippen molar-refractivity contribution in [1.82, 2.24) is 15.1 Å². The molecule has 0 fully saturated rings. The highest BCUT2D eigenvalue weighted by atomic mass is 16.6. The summed E-state index contributed by atoms with van der Waals surface area (Å²) < 4.78 is 29.9. The van der Waals surface area contributed by atoms with Gasteiger partial charge in [-0.2, -0.15) is 5.10 Å². The minimum atomic E-state index is -0.515. The minimum Gasteiger partial charge on any atom is -0.384 e. The van der Waals surface area contributed by atoms with Crippen molar-refractivity contribution < 1.29 is 33.3 Å². The molecule has 0 atom stereocenters. The van der Waals surface area contributed by atoms with Crippen molar-refractivity contribution in [3.05, 3.63) is 76.1 Å². The maximum absolute atomic E-state index is 12.9. The van der Waals surface area contributed by atoms with Gasteiger partial charge in [0.15, 0.2) is 5.78 Å². The Bertz CT molecular complexity index is 1560. The Balaban J connectivity index is 0.975. The molecule has 4 N–H and O–H groups in total. The number of ether oxygens (including phenoxy) is 5. The number of hydrogen-bond acceptors (Lipinski definition) is 10. The van der Waals surface area contributed by atoms with Gasteiger partial charge in [0, 0.05) is 38.4 Å². The van der Waals surface area contributed by atoms with Gasteiger partial charge in [0.2, 0.25) is 0 Å². The highest BCUT2D eigenvalue weighted by molar-refractivity contribution is 6.00. The summed E-state index contributed by atoms with van der Waals surface area (Å²) in [6.45, 7) is 16.0. The van der Waals surface area contributed by atoms with Crippen LogP contribution in [0.5, 0.6) is 0 Å². The van der Waals surface area contributed by atoms with E-state index in [2.05, 4.69) is 55.7 Å². The molecule has 0 saturated heterocycles. The van der Waals surface area contributed by atoms with Crippen LogP contribution >= 0.6 is 0 Å². The molecule has 3 aromatic rings. The van der Waals surface area contributed by atoms with Crippen LogP contribution in [0, 0.1) is 12.3 Å². The van der Waals surface area contributed by atoms with Crippen LogP contribution in [0.25, 0.3) is 5.69 Å². The zero-order chi connectivity index (χ0) is 37.2. The van der Waals surface area contributed by atoms with E-state index in [0.717, 1.165) is 55.8 Å². The molecule has 1 aromatic heterocycles. The zero-order valence-corrected chi connectivity index (χ0v) is 31.6. The predicted octanol–water partition coefficient (Wildman–Crippen LogP) is 5.06. The van der Waals surface area contributed by atoms with Crippen molar-refractivity contribution in [1.29, 1.82) is 0 Å². The number of ketones is 1. The Hall–Kier alpha value is -3.65. The fourth-order valence-corrected chi connectivity index (χ4v) is 6.25. The average Bonchev–Trinajstić information content (AvgIpc) is 3.45. The zero-order valence-electron chi connectivity index (χ0n) is 31.6. The lowest BCUT2D eigenvalue weighted by Gasteiger charge is -2.29. The first-order valence-electron chi connectivity index (χ1n) is 18.7. The molecule has 0 spiro atoms. The normalized spacial score (nSPS) is 13.7. The number of aromatic nitrogens is 2. The van der Waals surface area contributed by atoms with E-state index in [9.17, 15) is 9.59 Å². The van der Waals surface area contributed by atoms with Crippen LogP contribution in [0.1, 0.15) is 83.3 Å². The molecule has 4 rings (SSSR count). The Morgan fingerprint density at radius 1 is 0.827 bits per heavy atom. The predicted molar refractivity (Wildman–Crippen MR) is 203 cm³/mol. The van der Waals surface area contributed by atoms with Gasteiger partial charge in [0.1, 0.15) is 0 Å². The van der Waals surface area contributed by atoms with Crippen molar-refractivity contribution in [3.63, 3.8) is 0 Å². The number of carbonyl (C=O) groups excluding carboxylic acids is 2. The maximum Gasteiger partial charge on any atom is 0.250 e. The molecule has 0 aliphatic heterocycles. The lowest BCUT2D eigenvalue weighted by Crippen LogP contribution is -2.28. The molecule has 2 aromatic carbocycles. The molecule has 1 amide bonds. The number of amides is 1. The van der Waals surface area contributed by atoms with Gasteiger partial charge >= 0.3 is 0 Å². The second kappa shape index (κ2) is 21.8. The van der Waals surface area contributed by atoms with Gasteiger partial charge in [-0.1, -0.05) is 45.0 Å². The first-order chi connectivity index (χ1) is 25.2. The number of Topliss-reactive ketones (excluding diaryl/α,β-unsaturated/α-hetero) is 1. The number of benzene rings is 2. The van der Waals surface area contributed by atoms with E-state index < -0.39 is 5.91 Å². The molecule has 12 nitrogen and oxygen atoms in total. The van der Waals surface area contributed by atoms with E-state index in [1.807, 2.05) is 23.7 Å². The van der Waals surface area contributed by atoms with E-state index in [1.54, 1.807) is 6.07 Å². The SMILES string of the molecule is CCc1cccc(CNCCCOCCOCCOCCOCCOCCCNc2cc(-n3nc(C)c4c3CC(C)(C)CC4=O)ccc2C(N)=O)c1. The summed E-state index contributed by atoms with van der Waals surface area (Å²) in [5.41, 5.74) is 12.3. The quantitative estimate of drug-likeness (QED) is 0.0961. The fourth-order valence-electron chi connectivity index (χ4n) is 6.25. The smallest absolute Gasteiger partial charge is 0.250 e. The summed E-state index contributed by atoms with van der Waals surface area (Å²) in [5.74, 6) is -0.391. The number of aryl methyl sites for hydroxylation is 2. The molecule has 0 bridgehead atoms. The summed E-state index contributed by atoms with van der Waals surface area (Å²) >= 11 is 0. The van der Waals surface area contributed by atoms with Gasteiger partial charge in [-0.15, -0.1) is 0 Å². The second-order valence-corrected chi connectivity index (χ2v) is 13.9.